The maximum absolute atomic E-state index is 13.4. The van der Waals surface area contributed by atoms with E-state index in [9.17, 15) is 4.39 Å². The summed E-state index contributed by atoms with van der Waals surface area (Å²) in [5, 5.41) is 3.56. The summed E-state index contributed by atoms with van der Waals surface area (Å²) in [7, 11) is 1.83. The number of likely N-dealkylation sites (tertiary alicyclic amines) is 1. The highest BCUT2D eigenvalue weighted by Crippen LogP contribution is 2.22. The molecule has 1 aromatic rings. The molecule has 2 heterocycles. The molecule has 1 aromatic carbocycles. The Hall–Kier alpha value is -1.70. The lowest BCUT2D eigenvalue weighted by Gasteiger charge is -2.37. The van der Waals surface area contributed by atoms with Gasteiger partial charge >= 0.3 is 0 Å². The average Bonchev–Trinajstić information content (AvgIpc) is 2.74. The maximum Gasteiger partial charge on any atom is 0.193 e. The molecule has 1 unspecified atom stereocenters. The molecule has 0 spiro atoms. The van der Waals surface area contributed by atoms with Gasteiger partial charge in [0.1, 0.15) is 5.82 Å². The van der Waals surface area contributed by atoms with Crippen LogP contribution in [0.25, 0.3) is 0 Å². The van der Waals surface area contributed by atoms with Gasteiger partial charge in [-0.25, -0.2) is 4.39 Å². The van der Waals surface area contributed by atoms with Crippen molar-refractivity contribution in [2.75, 3.05) is 59.6 Å². The minimum Gasteiger partial charge on any atom is -0.379 e. The van der Waals surface area contributed by atoms with Crippen LogP contribution in [0.4, 0.5) is 4.39 Å². The van der Waals surface area contributed by atoms with Crippen molar-refractivity contribution >= 4 is 5.96 Å². The summed E-state index contributed by atoms with van der Waals surface area (Å²) in [6.45, 7) is 8.67. The third kappa shape index (κ3) is 5.65. The van der Waals surface area contributed by atoms with Crippen molar-refractivity contribution in [1.82, 2.24) is 15.1 Å². The first-order chi connectivity index (χ1) is 13.7. The Labute approximate surface area is 167 Å². The van der Waals surface area contributed by atoms with Crippen LogP contribution in [0.15, 0.2) is 29.3 Å². The Morgan fingerprint density at radius 1 is 1.21 bits per heavy atom. The maximum atomic E-state index is 13.4. The summed E-state index contributed by atoms with van der Waals surface area (Å²) in [6, 6.07) is 7.00. The van der Waals surface area contributed by atoms with E-state index >= 15 is 0 Å². The van der Waals surface area contributed by atoms with Gasteiger partial charge < -0.3 is 19.7 Å². The molecule has 0 aromatic heterocycles. The predicted molar refractivity (Wildman–Crippen MR) is 109 cm³/mol. The molecule has 0 bridgehead atoms. The molecule has 2 fully saturated rings. The number of hydrogen-bond acceptors (Lipinski definition) is 4. The second-order valence-electron chi connectivity index (χ2n) is 7.29. The van der Waals surface area contributed by atoms with Gasteiger partial charge in [0.05, 0.1) is 25.4 Å². The number of morpholine rings is 1. The molecular formula is C21H33FN4O2. The van der Waals surface area contributed by atoms with Gasteiger partial charge in [0.15, 0.2) is 5.96 Å². The molecule has 1 atom stereocenters. The van der Waals surface area contributed by atoms with Crippen LogP contribution in [0, 0.1) is 5.82 Å². The van der Waals surface area contributed by atoms with Gasteiger partial charge in [0.25, 0.3) is 0 Å². The standard InChI is InChI=1S/C21H33FN4O2/c1-3-28-19-8-10-26(11-9-19)21(23-2)24-16-20(25-12-14-27-15-13-25)17-4-6-18(22)7-5-17/h4-7,19-20H,3,8-16H2,1-2H3,(H,23,24). The van der Waals surface area contributed by atoms with Crippen molar-refractivity contribution in [3.63, 3.8) is 0 Å². The summed E-state index contributed by atoms with van der Waals surface area (Å²) in [5.74, 6) is 0.723. The minimum atomic E-state index is -0.203. The normalized spacial score (nSPS) is 21.0. The summed E-state index contributed by atoms with van der Waals surface area (Å²) < 4.78 is 24.7. The van der Waals surface area contributed by atoms with Crippen LogP contribution in [0.5, 0.6) is 0 Å². The van der Waals surface area contributed by atoms with Crippen LogP contribution in [-0.2, 0) is 9.47 Å². The van der Waals surface area contributed by atoms with Gasteiger partial charge in [0.2, 0.25) is 0 Å². The van der Waals surface area contributed by atoms with Crippen LogP contribution in [0.3, 0.4) is 0 Å². The third-order valence-corrected chi connectivity index (χ3v) is 5.55. The van der Waals surface area contributed by atoms with Crippen LogP contribution in [-0.4, -0.2) is 81.5 Å². The minimum absolute atomic E-state index is 0.155. The van der Waals surface area contributed by atoms with Crippen molar-refractivity contribution in [2.45, 2.75) is 31.9 Å². The molecule has 0 saturated carbocycles. The van der Waals surface area contributed by atoms with Crippen molar-refractivity contribution in [2.24, 2.45) is 4.99 Å². The summed E-state index contributed by atoms with van der Waals surface area (Å²) in [4.78, 5) is 9.20. The fourth-order valence-electron chi connectivity index (χ4n) is 4.02. The number of aliphatic imine (C=N–C) groups is 1. The van der Waals surface area contributed by atoms with E-state index in [4.69, 9.17) is 9.47 Å². The first-order valence-electron chi connectivity index (χ1n) is 10.4. The number of ether oxygens (including phenoxy) is 2. The van der Waals surface area contributed by atoms with Crippen LogP contribution < -0.4 is 5.32 Å². The lowest BCUT2D eigenvalue weighted by molar-refractivity contribution is 0.0163. The second-order valence-corrected chi connectivity index (χ2v) is 7.29. The quantitative estimate of drug-likeness (QED) is 0.595. The smallest absolute Gasteiger partial charge is 0.193 e. The van der Waals surface area contributed by atoms with E-state index in [1.165, 1.54) is 12.1 Å². The van der Waals surface area contributed by atoms with Gasteiger partial charge in [0, 0.05) is 46.4 Å². The molecule has 2 aliphatic rings. The van der Waals surface area contributed by atoms with Gasteiger partial charge in [-0.1, -0.05) is 12.1 Å². The Bertz CT molecular complexity index is 611. The Balaban J connectivity index is 1.62. The number of nitrogens with zero attached hydrogens (tertiary/aromatic N) is 3. The Morgan fingerprint density at radius 3 is 2.50 bits per heavy atom. The zero-order valence-corrected chi connectivity index (χ0v) is 17.1. The Morgan fingerprint density at radius 2 is 1.89 bits per heavy atom. The zero-order chi connectivity index (χ0) is 19.8. The van der Waals surface area contributed by atoms with Crippen molar-refractivity contribution in [3.05, 3.63) is 35.6 Å². The van der Waals surface area contributed by atoms with E-state index in [0.29, 0.717) is 6.10 Å². The average molecular weight is 393 g/mol. The number of hydrogen-bond donors (Lipinski definition) is 1. The van der Waals surface area contributed by atoms with Crippen molar-refractivity contribution in [3.8, 4) is 0 Å². The van der Waals surface area contributed by atoms with E-state index in [1.54, 1.807) is 0 Å². The first kappa shape index (κ1) is 21.0. The lowest BCUT2D eigenvalue weighted by Crippen LogP contribution is -2.50. The highest BCUT2D eigenvalue weighted by atomic mass is 19.1. The monoisotopic (exact) mass is 392 g/mol. The van der Waals surface area contributed by atoms with E-state index in [2.05, 4.69) is 20.1 Å². The molecule has 2 aliphatic heterocycles. The van der Waals surface area contributed by atoms with Crippen LogP contribution in [0.2, 0.25) is 0 Å². The summed E-state index contributed by atoms with van der Waals surface area (Å²) in [6.07, 6.45) is 2.42. The highest BCUT2D eigenvalue weighted by molar-refractivity contribution is 5.80. The number of rotatable bonds is 6. The number of benzene rings is 1. The van der Waals surface area contributed by atoms with Gasteiger partial charge in [-0.15, -0.1) is 0 Å². The number of nitrogens with one attached hydrogen (secondary N) is 1. The van der Waals surface area contributed by atoms with Crippen LogP contribution >= 0.6 is 0 Å². The van der Waals surface area contributed by atoms with E-state index in [0.717, 1.165) is 76.9 Å². The summed E-state index contributed by atoms with van der Waals surface area (Å²) >= 11 is 0. The third-order valence-electron chi connectivity index (χ3n) is 5.55. The van der Waals surface area contributed by atoms with E-state index in [1.807, 2.05) is 26.1 Å². The van der Waals surface area contributed by atoms with Crippen LogP contribution in [0.1, 0.15) is 31.4 Å². The number of halogens is 1. The molecule has 28 heavy (non-hydrogen) atoms. The molecule has 0 amide bonds. The topological polar surface area (TPSA) is 49.3 Å². The predicted octanol–water partition coefficient (Wildman–Crippen LogP) is 2.28. The first-order valence-corrected chi connectivity index (χ1v) is 10.4. The highest BCUT2D eigenvalue weighted by Gasteiger charge is 2.25. The zero-order valence-electron chi connectivity index (χ0n) is 17.1. The van der Waals surface area contributed by atoms with E-state index in [-0.39, 0.29) is 11.9 Å². The van der Waals surface area contributed by atoms with Gasteiger partial charge in [-0.05, 0) is 37.5 Å². The fourth-order valence-corrected chi connectivity index (χ4v) is 4.02. The molecule has 0 radical (unpaired) electrons. The largest absolute Gasteiger partial charge is 0.379 e. The molecular weight excluding hydrogens is 359 g/mol. The van der Waals surface area contributed by atoms with Gasteiger partial charge in [-0.3, -0.25) is 9.89 Å². The molecule has 7 heteroatoms. The molecule has 6 nitrogen and oxygen atoms in total. The second kappa shape index (κ2) is 10.7. The Kier molecular flexibility index (Phi) is 8.06. The lowest BCUT2D eigenvalue weighted by atomic mass is 10.0. The van der Waals surface area contributed by atoms with E-state index < -0.39 is 0 Å². The molecule has 156 valence electrons. The van der Waals surface area contributed by atoms with Crippen molar-refractivity contribution in [1.29, 1.82) is 0 Å². The fraction of sp³-hybridized carbons (Fsp3) is 0.667. The SMILES string of the molecule is CCOC1CCN(C(=NC)NCC(c2ccc(F)cc2)N2CCOCC2)CC1. The molecule has 1 N–H and O–H groups in total. The molecule has 0 aliphatic carbocycles. The number of guanidine groups is 1. The molecule has 3 rings (SSSR count). The van der Waals surface area contributed by atoms with Crippen molar-refractivity contribution < 1.29 is 13.9 Å². The molecule has 2 saturated heterocycles. The summed E-state index contributed by atoms with van der Waals surface area (Å²) in [5.41, 5.74) is 1.11. The number of piperidine rings is 1. The van der Waals surface area contributed by atoms with Gasteiger partial charge in [-0.2, -0.15) is 0 Å².